The molecule has 0 aliphatic heterocycles. The van der Waals surface area contributed by atoms with Crippen LogP contribution in [0.25, 0.3) is 10.9 Å². The predicted molar refractivity (Wildman–Crippen MR) is 72.2 cm³/mol. The molecule has 2 N–H and O–H groups in total. The minimum atomic E-state index is 0.549. The van der Waals surface area contributed by atoms with Crippen LogP contribution in [0.3, 0.4) is 0 Å². The molecule has 0 aliphatic rings. The molecule has 0 spiro atoms. The number of anilines is 1. The Morgan fingerprint density at radius 3 is 2.78 bits per heavy atom. The fraction of sp³-hybridized carbons (Fsp3) is 0.143. The molecule has 18 heavy (non-hydrogen) atoms. The molecule has 0 saturated heterocycles. The van der Waals surface area contributed by atoms with Crippen LogP contribution < -0.4 is 5.73 Å². The van der Waals surface area contributed by atoms with E-state index in [1.807, 2.05) is 41.9 Å². The molecule has 4 heteroatoms. The van der Waals surface area contributed by atoms with Crippen molar-refractivity contribution in [1.29, 1.82) is 0 Å². The molecule has 90 valence electrons. The summed E-state index contributed by atoms with van der Waals surface area (Å²) in [6.45, 7) is 2.64. The normalized spacial score (nSPS) is 10.9. The number of pyridine rings is 1. The number of hydrogen-bond donors (Lipinski definition) is 1. The minimum Gasteiger partial charge on any atom is -0.382 e. The van der Waals surface area contributed by atoms with Gasteiger partial charge < -0.3 is 5.73 Å². The first-order chi connectivity index (χ1) is 8.72. The predicted octanol–water partition coefficient (Wildman–Crippen LogP) is 2.37. The number of aromatic nitrogens is 3. The van der Waals surface area contributed by atoms with Crippen LogP contribution in [0, 0.1) is 6.92 Å². The van der Waals surface area contributed by atoms with E-state index in [4.69, 9.17) is 5.73 Å². The van der Waals surface area contributed by atoms with Gasteiger partial charge in [0, 0.05) is 17.1 Å². The number of benzene rings is 1. The quantitative estimate of drug-likeness (QED) is 0.745. The summed E-state index contributed by atoms with van der Waals surface area (Å²) >= 11 is 0. The second-order valence-electron chi connectivity index (χ2n) is 4.36. The summed E-state index contributed by atoms with van der Waals surface area (Å²) < 4.78 is 1.87. The van der Waals surface area contributed by atoms with Gasteiger partial charge in [-0.1, -0.05) is 24.3 Å². The van der Waals surface area contributed by atoms with Gasteiger partial charge in [-0.25, -0.2) is 0 Å². The summed E-state index contributed by atoms with van der Waals surface area (Å²) in [4.78, 5) is 4.62. The van der Waals surface area contributed by atoms with Crippen molar-refractivity contribution in [1.82, 2.24) is 14.8 Å². The molecule has 2 heterocycles. The molecule has 4 nitrogen and oxygen atoms in total. The molecular formula is C14H14N4. The zero-order valence-corrected chi connectivity index (χ0v) is 10.2. The molecular weight excluding hydrogens is 224 g/mol. The minimum absolute atomic E-state index is 0.549. The molecule has 0 saturated carbocycles. The van der Waals surface area contributed by atoms with Crippen LogP contribution >= 0.6 is 0 Å². The van der Waals surface area contributed by atoms with Crippen molar-refractivity contribution >= 4 is 16.7 Å². The van der Waals surface area contributed by atoms with E-state index in [9.17, 15) is 0 Å². The molecule has 0 atom stereocenters. The number of para-hydroxylation sites is 1. The zero-order chi connectivity index (χ0) is 12.5. The summed E-state index contributed by atoms with van der Waals surface area (Å²) in [5, 5.41) is 5.39. The number of aryl methyl sites for hydroxylation is 1. The maximum absolute atomic E-state index is 5.67. The van der Waals surface area contributed by atoms with Gasteiger partial charge in [0.15, 0.2) is 0 Å². The fourth-order valence-corrected chi connectivity index (χ4v) is 2.05. The highest BCUT2D eigenvalue weighted by molar-refractivity contribution is 5.78. The average Bonchev–Trinajstić information content (AvgIpc) is 2.68. The first-order valence-corrected chi connectivity index (χ1v) is 5.87. The highest BCUT2D eigenvalue weighted by atomic mass is 15.3. The average molecular weight is 238 g/mol. The highest BCUT2D eigenvalue weighted by Crippen LogP contribution is 2.13. The van der Waals surface area contributed by atoms with E-state index in [0.29, 0.717) is 12.4 Å². The summed E-state index contributed by atoms with van der Waals surface area (Å²) in [6.07, 6.45) is 0. The van der Waals surface area contributed by atoms with Crippen LogP contribution in [0.4, 0.5) is 5.82 Å². The van der Waals surface area contributed by atoms with Gasteiger partial charge in [0.25, 0.3) is 0 Å². The van der Waals surface area contributed by atoms with Crippen molar-refractivity contribution < 1.29 is 0 Å². The van der Waals surface area contributed by atoms with Crippen molar-refractivity contribution in [3.8, 4) is 0 Å². The Balaban J connectivity index is 1.97. The topological polar surface area (TPSA) is 56.7 Å². The van der Waals surface area contributed by atoms with E-state index in [1.54, 1.807) is 0 Å². The smallest absolute Gasteiger partial charge is 0.145 e. The maximum Gasteiger partial charge on any atom is 0.145 e. The van der Waals surface area contributed by atoms with E-state index >= 15 is 0 Å². The lowest BCUT2D eigenvalue weighted by atomic mass is 10.2. The third-order valence-electron chi connectivity index (χ3n) is 2.97. The summed E-state index contributed by atoms with van der Waals surface area (Å²) in [5.74, 6) is 0.549. The number of rotatable bonds is 2. The van der Waals surface area contributed by atoms with Crippen LogP contribution in [0.2, 0.25) is 0 Å². The Morgan fingerprint density at radius 1 is 1.17 bits per heavy atom. The van der Waals surface area contributed by atoms with E-state index in [0.717, 1.165) is 22.3 Å². The Bertz CT molecular complexity index is 700. The lowest BCUT2D eigenvalue weighted by molar-refractivity contribution is 0.657. The molecule has 3 aromatic rings. The Morgan fingerprint density at radius 2 is 2.00 bits per heavy atom. The van der Waals surface area contributed by atoms with E-state index in [1.165, 1.54) is 0 Å². The van der Waals surface area contributed by atoms with Crippen LogP contribution in [0.5, 0.6) is 0 Å². The standard InChI is InChI=1S/C14H14N4/c1-10-8-14(15)17-18(10)9-12-7-6-11-4-2-3-5-13(11)16-12/h2-8H,9H2,1H3,(H2,15,17). The van der Waals surface area contributed by atoms with Crippen LogP contribution in [0.1, 0.15) is 11.4 Å². The van der Waals surface area contributed by atoms with Crippen LogP contribution in [0.15, 0.2) is 42.5 Å². The molecule has 1 aromatic carbocycles. The van der Waals surface area contributed by atoms with Gasteiger partial charge in [0.05, 0.1) is 17.8 Å². The van der Waals surface area contributed by atoms with Gasteiger partial charge in [0.2, 0.25) is 0 Å². The van der Waals surface area contributed by atoms with Crippen molar-refractivity contribution in [2.24, 2.45) is 0 Å². The number of nitrogen functional groups attached to an aromatic ring is 1. The van der Waals surface area contributed by atoms with Gasteiger partial charge >= 0.3 is 0 Å². The lowest BCUT2D eigenvalue weighted by Crippen LogP contribution is -2.05. The lowest BCUT2D eigenvalue weighted by Gasteiger charge is -2.05. The largest absolute Gasteiger partial charge is 0.382 e. The second kappa shape index (κ2) is 4.14. The molecule has 2 aromatic heterocycles. The van der Waals surface area contributed by atoms with Crippen LogP contribution in [-0.2, 0) is 6.54 Å². The van der Waals surface area contributed by atoms with Gasteiger partial charge in [-0.05, 0) is 19.1 Å². The number of nitrogens with zero attached hydrogens (tertiary/aromatic N) is 3. The van der Waals surface area contributed by atoms with Crippen molar-refractivity contribution in [3.63, 3.8) is 0 Å². The number of hydrogen-bond acceptors (Lipinski definition) is 3. The van der Waals surface area contributed by atoms with Gasteiger partial charge in [-0.15, -0.1) is 0 Å². The second-order valence-corrected chi connectivity index (χ2v) is 4.36. The summed E-state index contributed by atoms with van der Waals surface area (Å²) in [7, 11) is 0. The Kier molecular flexibility index (Phi) is 2.48. The van der Waals surface area contributed by atoms with Crippen molar-refractivity contribution in [2.75, 3.05) is 5.73 Å². The zero-order valence-electron chi connectivity index (χ0n) is 10.2. The molecule has 0 unspecified atom stereocenters. The van der Waals surface area contributed by atoms with E-state index in [-0.39, 0.29) is 0 Å². The maximum atomic E-state index is 5.67. The van der Waals surface area contributed by atoms with Crippen molar-refractivity contribution in [3.05, 3.63) is 53.9 Å². The fourth-order valence-electron chi connectivity index (χ4n) is 2.05. The third-order valence-corrected chi connectivity index (χ3v) is 2.97. The summed E-state index contributed by atoms with van der Waals surface area (Å²) in [6, 6.07) is 14.1. The third kappa shape index (κ3) is 1.93. The van der Waals surface area contributed by atoms with E-state index < -0.39 is 0 Å². The molecule has 3 rings (SSSR count). The summed E-state index contributed by atoms with van der Waals surface area (Å²) in [5.41, 5.74) is 8.71. The Hall–Kier alpha value is -2.36. The first kappa shape index (κ1) is 10.8. The molecule has 0 fully saturated rings. The number of nitrogens with two attached hydrogens (primary N) is 1. The molecule has 0 radical (unpaired) electrons. The first-order valence-electron chi connectivity index (χ1n) is 5.87. The SMILES string of the molecule is Cc1cc(N)nn1Cc1ccc2ccccc2n1. The monoisotopic (exact) mass is 238 g/mol. The van der Waals surface area contributed by atoms with Crippen molar-refractivity contribution in [2.45, 2.75) is 13.5 Å². The van der Waals surface area contributed by atoms with Gasteiger partial charge in [-0.3, -0.25) is 9.67 Å². The van der Waals surface area contributed by atoms with Crippen LogP contribution in [-0.4, -0.2) is 14.8 Å². The molecule has 0 bridgehead atoms. The van der Waals surface area contributed by atoms with E-state index in [2.05, 4.69) is 22.2 Å². The molecule has 0 amide bonds. The Labute approximate surface area is 105 Å². The molecule has 0 aliphatic carbocycles. The van der Waals surface area contributed by atoms with Gasteiger partial charge in [-0.2, -0.15) is 5.10 Å². The highest BCUT2D eigenvalue weighted by Gasteiger charge is 2.04. The number of fused-ring (bicyclic) bond motifs is 1. The van der Waals surface area contributed by atoms with Gasteiger partial charge in [0.1, 0.15) is 5.82 Å².